The van der Waals surface area contributed by atoms with Gasteiger partial charge in [-0.05, 0) is 45.7 Å². The topological polar surface area (TPSA) is 23.8 Å². The summed E-state index contributed by atoms with van der Waals surface area (Å²) in [6.45, 7) is 0. The van der Waals surface area contributed by atoms with Crippen molar-refractivity contribution >= 4 is 55.6 Å². The molecule has 1 nitrogen and oxygen atoms in total. The second-order valence-corrected chi connectivity index (χ2v) is 5.14. The minimum Gasteiger partial charge on any atom is -0.192 e. The third-order valence-corrected chi connectivity index (χ3v) is 4.25. The summed E-state index contributed by atoms with van der Waals surface area (Å²) in [5.41, 5.74) is 1.87. The van der Waals surface area contributed by atoms with Gasteiger partial charge in [-0.3, -0.25) is 0 Å². The lowest BCUT2D eigenvalue weighted by Crippen LogP contribution is -1.87. The van der Waals surface area contributed by atoms with E-state index in [-0.39, 0.29) is 0 Å². The van der Waals surface area contributed by atoms with Crippen molar-refractivity contribution in [1.82, 2.24) is 0 Å². The van der Waals surface area contributed by atoms with Crippen LogP contribution in [0.15, 0.2) is 17.5 Å². The van der Waals surface area contributed by atoms with Crippen LogP contribution >= 0.6 is 45.5 Å². The van der Waals surface area contributed by atoms with Crippen LogP contribution < -0.4 is 0 Å². The van der Waals surface area contributed by atoms with E-state index >= 15 is 0 Å². The molecule has 2 aromatic rings. The molecule has 0 amide bonds. The molecule has 0 saturated carbocycles. The van der Waals surface area contributed by atoms with Crippen molar-refractivity contribution in [2.75, 3.05) is 0 Å². The van der Waals surface area contributed by atoms with E-state index in [2.05, 4.69) is 28.7 Å². The van der Waals surface area contributed by atoms with Gasteiger partial charge in [-0.15, -0.1) is 22.9 Å². The number of nitriles is 1. The zero-order chi connectivity index (χ0) is 10.1. The molecule has 70 valence electrons. The molecule has 0 aliphatic carbocycles. The summed E-state index contributed by atoms with van der Waals surface area (Å²) >= 11 is 9.75. The molecule has 0 bridgehead atoms. The number of hydrogen-bond acceptors (Lipinski definition) is 2. The smallest absolute Gasteiger partial charge is 0.0998 e. The van der Waals surface area contributed by atoms with Crippen molar-refractivity contribution in [3.8, 4) is 6.07 Å². The SMILES string of the molecule is N#Cc1cc(I)c(CCl)c2sccc12. The highest BCUT2D eigenvalue weighted by Crippen LogP contribution is 2.32. The largest absolute Gasteiger partial charge is 0.192 e. The van der Waals surface area contributed by atoms with E-state index in [9.17, 15) is 0 Å². The first-order valence-corrected chi connectivity index (χ1v) is 6.42. The highest BCUT2D eigenvalue weighted by Gasteiger charge is 2.10. The van der Waals surface area contributed by atoms with Crippen LogP contribution in [-0.2, 0) is 5.88 Å². The summed E-state index contributed by atoms with van der Waals surface area (Å²) in [6.07, 6.45) is 0. The number of halogens is 2. The van der Waals surface area contributed by atoms with Gasteiger partial charge in [0.05, 0.1) is 11.6 Å². The van der Waals surface area contributed by atoms with E-state index in [1.165, 1.54) is 0 Å². The van der Waals surface area contributed by atoms with Crippen LogP contribution in [0.5, 0.6) is 0 Å². The Bertz CT molecular complexity index is 527. The Morgan fingerprint density at radius 2 is 2.36 bits per heavy atom. The first-order chi connectivity index (χ1) is 6.77. The molecule has 1 aromatic carbocycles. The number of thiophene rings is 1. The molecule has 0 saturated heterocycles. The minimum atomic E-state index is 0.501. The number of fused-ring (bicyclic) bond motifs is 1. The summed E-state index contributed by atoms with van der Waals surface area (Å²) in [4.78, 5) is 0. The number of alkyl halides is 1. The van der Waals surface area contributed by atoms with E-state index in [1.54, 1.807) is 11.3 Å². The third-order valence-electron chi connectivity index (χ3n) is 2.04. The molecule has 0 unspecified atom stereocenters. The van der Waals surface area contributed by atoms with E-state index in [4.69, 9.17) is 16.9 Å². The highest BCUT2D eigenvalue weighted by atomic mass is 127. The average Bonchev–Trinajstić information content (AvgIpc) is 2.65. The number of hydrogen-bond donors (Lipinski definition) is 0. The zero-order valence-corrected chi connectivity index (χ0v) is 10.8. The minimum absolute atomic E-state index is 0.501. The Labute approximate surface area is 104 Å². The average molecular weight is 334 g/mol. The van der Waals surface area contributed by atoms with E-state index < -0.39 is 0 Å². The maximum atomic E-state index is 8.96. The van der Waals surface area contributed by atoms with Gasteiger partial charge >= 0.3 is 0 Å². The van der Waals surface area contributed by atoms with Gasteiger partial charge in [0.15, 0.2) is 0 Å². The molecule has 4 heteroatoms. The molecule has 14 heavy (non-hydrogen) atoms. The van der Waals surface area contributed by atoms with Gasteiger partial charge in [-0.2, -0.15) is 5.26 Å². The van der Waals surface area contributed by atoms with E-state index in [0.717, 1.165) is 24.8 Å². The third kappa shape index (κ3) is 1.52. The molecule has 1 aromatic heterocycles. The van der Waals surface area contributed by atoms with Gasteiger partial charge in [0, 0.05) is 19.5 Å². The van der Waals surface area contributed by atoms with Crippen LogP contribution in [0.1, 0.15) is 11.1 Å². The monoisotopic (exact) mass is 333 g/mol. The van der Waals surface area contributed by atoms with Gasteiger partial charge < -0.3 is 0 Å². The molecule has 2 rings (SSSR count). The fourth-order valence-corrected chi connectivity index (χ4v) is 3.88. The molecule has 0 radical (unpaired) electrons. The number of nitrogens with zero attached hydrogens (tertiary/aromatic N) is 1. The van der Waals surface area contributed by atoms with Gasteiger partial charge in [0.2, 0.25) is 0 Å². The molecular weight excluding hydrogens is 329 g/mol. The first-order valence-electron chi connectivity index (χ1n) is 3.92. The van der Waals surface area contributed by atoms with Crippen LogP contribution in [0.4, 0.5) is 0 Å². The Balaban J connectivity index is 2.90. The lowest BCUT2D eigenvalue weighted by atomic mass is 10.1. The standard InChI is InChI=1S/C10H5ClINS/c11-4-8-9(12)3-6(5-13)7-1-2-14-10(7)8/h1-3H,4H2. The van der Waals surface area contributed by atoms with Crippen LogP contribution in [0.25, 0.3) is 10.1 Å². The summed E-state index contributed by atoms with van der Waals surface area (Å²) in [5.74, 6) is 0.501. The fraction of sp³-hybridized carbons (Fsp3) is 0.100. The Kier molecular flexibility index (Phi) is 2.96. The summed E-state index contributed by atoms with van der Waals surface area (Å²) in [5, 5.41) is 12.0. The number of benzene rings is 1. The van der Waals surface area contributed by atoms with Crippen molar-refractivity contribution in [2.24, 2.45) is 0 Å². The normalized spacial score (nSPS) is 10.4. The van der Waals surface area contributed by atoms with Crippen molar-refractivity contribution in [2.45, 2.75) is 5.88 Å². The lowest BCUT2D eigenvalue weighted by molar-refractivity contribution is 1.41. The molecule has 0 fully saturated rings. The fourth-order valence-electron chi connectivity index (χ4n) is 1.37. The van der Waals surface area contributed by atoms with Gasteiger partial charge in [-0.25, -0.2) is 0 Å². The molecule has 1 heterocycles. The second kappa shape index (κ2) is 4.05. The molecule has 0 aliphatic heterocycles. The summed E-state index contributed by atoms with van der Waals surface area (Å²) < 4.78 is 2.22. The first kappa shape index (κ1) is 10.2. The summed E-state index contributed by atoms with van der Waals surface area (Å²) in [7, 11) is 0. The predicted molar refractivity (Wildman–Crippen MR) is 68.8 cm³/mol. The van der Waals surface area contributed by atoms with E-state index in [1.807, 2.05) is 17.5 Å². The Morgan fingerprint density at radius 3 is 3.00 bits per heavy atom. The maximum absolute atomic E-state index is 8.96. The molecular formula is C10H5ClINS. The Hall–Kier alpha value is -0.310. The highest BCUT2D eigenvalue weighted by molar-refractivity contribution is 14.1. The molecule has 0 spiro atoms. The zero-order valence-electron chi connectivity index (χ0n) is 7.05. The van der Waals surface area contributed by atoms with Gasteiger partial charge in [-0.1, -0.05) is 0 Å². The van der Waals surface area contributed by atoms with Crippen molar-refractivity contribution in [3.05, 3.63) is 32.2 Å². The Morgan fingerprint density at radius 1 is 1.57 bits per heavy atom. The van der Waals surface area contributed by atoms with Gasteiger partial charge in [0.1, 0.15) is 0 Å². The number of rotatable bonds is 1. The molecule has 0 aliphatic rings. The van der Waals surface area contributed by atoms with Crippen LogP contribution in [-0.4, -0.2) is 0 Å². The van der Waals surface area contributed by atoms with E-state index in [0.29, 0.717) is 5.88 Å². The molecule has 0 atom stereocenters. The quantitative estimate of drug-likeness (QED) is 0.569. The van der Waals surface area contributed by atoms with Gasteiger partial charge in [0.25, 0.3) is 0 Å². The maximum Gasteiger partial charge on any atom is 0.0998 e. The van der Waals surface area contributed by atoms with Crippen molar-refractivity contribution in [3.63, 3.8) is 0 Å². The molecule has 0 N–H and O–H groups in total. The van der Waals surface area contributed by atoms with Crippen LogP contribution in [0.3, 0.4) is 0 Å². The second-order valence-electron chi connectivity index (χ2n) is 2.79. The summed E-state index contributed by atoms with van der Waals surface area (Å²) in [6, 6.07) is 6.08. The lowest BCUT2D eigenvalue weighted by Gasteiger charge is -2.03. The van der Waals surface area contributed by atoms with Crippen LogP contribution in [0, 0.1) is 14.9 Å². The predicted octanol–water partition coefficient (Wildman–Crippen LogP) is 4.12. The van der Waals surface area contributed by atoms with Crippen molar-refractivity contribution < 1.29 is 0 Å². The van der Waals surface area contributed by atoms with Crippen LogP contribution in [0.2, 0.25) is 0 Å². The van der Waals surface area contributed by atoms with Crippen molar-refractivity contribution in [1.29, 1.82) is 5.26 Å².